The molecule has 1 aromatic heterocycles. The molecule has 1 atom stereocenters. The molecule has 1 heterocycles. The molecule has 0 fully saturated rings. The quantitative estimate of drug-likeness (QED) is 0.671. The second kappa shape index (κ2) is 5.28. The van der Waals surface area contributed by atoms with Crippen LogP contribution in [-0.2, 0) is 0 Å². The van der Waals surface area contributed by atoms with Crippen LogP contribution in [0.4, 0.5) is 5.69 Å². The molecule has 108 valence electrons. The van der Waals surface area contributed by atoms with Crippen LogP contribution in [0.2, 0.25) is 0 Å². The van der Waals surface area contributed by atoms with Crippen LogP contribution in [0, 0.1) is 20.8 Å². The van der Waals surface area contributed by atoms with Gasteiger partial charge < -0.3 is 10.3 Å². The summed E-state index contributed by atoms with van der Waals surface area (Å²) >= 11 is 0. The topological polar surface area (TPSA) is 27.8 Å². The molecule has 2 nitrogen and oxygen atoms in total. The van der Waals surface area contributed by atoms with Crippen molar-refractivity contribution in [2.24, 2.45) is 0 Å². The fraction of sp³-hybridized carbons (Fsp3) is 0.263. The van der Waals surface area contributed by atoms with Crippen LogP contribution in [0.3, 0.4) is 0 Å². The Morgan fingerprint density at radius 2 is 1.67 bits per heavy atom. The number of fused-ring (bicyclic) bond motifs is 1. The molecule has 0 radical (unpaired) electrons. The van der Waals surface area contributed by atoms with Crippen molar-refractivity contribution in [2.45, 2.75) is 33.7 Å². The highest BCUT2D eigenvalue weighted by molar-refractivity contribution is 5.83. The number of rotatable bonds is 3. The van der Waals surface area contributed by atoms with Crippen molar-refractivity contribution in [1.82, 2.24) is 4.98 Å². The SMILES string of the molecule is Cc1cc(C)c(C(C)Nc2ccc3[nH]ccc3c2)cc1C. The number of hydrogen-bond donors (Lipinski definition) is 2. The van der Waals surface area contributed by atoms with Gasteiger partial charge in [0.25, 0.3) is 0 Å². The van der Waals surface area contributed by atoms with Gasteiger partial charge in [-0.1, -0.05) is 12.1 Å². The van der Waals surface area contributed by atoms with Gasteiger partial charge in [-0.05, 0) is 74.2 Å². The minimum atomic E-state index is 0.292. The number of aromatic nitrogens is 1. The van der Waals surface area contributed by atoms with E-state index >= 15 is 0 Å². The normalized spacial score (nSPS) is 12.6. The maximum atomic E-state index is 3.61. The highest BCUT2D eigenvalue weighted by Crippen LogP contribution is 2.26. The summed E-state index contributed by atoms with van der Waals surface area (Å²) < 4.78 is 0. The largest absolute Gasteiger partial charge is 0.378 e. The summed E-state index contributed by atoms with van der Waals surface area (Å²) in [4.78, 5) is 3.23. The van der Waals surface area contributed by atoms with Crippen LogP contribution in [0.5, 0.6) is 0 Å². The molecule has 2 heteroatoms. The first-order valence-corrected chi connectivity index (χ1v) is 7.46. The molecule has 0 aliphatic heterocycles. The van der Waals surface area contributed by atoms with E-state index < -0.39 is 0 Å². The Balaban J connectivity index is 1.88. The van der Waals surface area contributed by atoms with Crippen molar-refractivity contribution in [3.05, 3.63) is 64.8 Å². The van der Waals surface area contributed by atoms with Crippen LogP contribution in [0.15, 0.2) is 42.6 Å². The lowest BCUT2D eigenvalue weighted by atomic mass is 9.96. The van der Waals surface area contributed by atoms with Crippen molar-refractivity contribution in [3.63, 3.8) is 0 Å². The van der Waals surface area contributed by atoms with Crippen LogP contribution in [0.1, 0.15) is 35.2 Å². The van der Waals surface area contributed by atoms with Crippen molar-refractivity contribution in [3.8, 4) is 0 Å². The van der Waals surface area contributed by atoms with Gasteiger partial charge >= 0.3 is 0 Å². The van der Waals surface area contributed by atoms with Gasteiger partial charge in [0.05, 0.1) is 0 Å². The number of benzene rings is 2. The number of hydrogen-bond acceptors (Lipinski definition) is 1. The Kier molecular flexibility index (Phi) is 3.46. The van der Waals surface area contributed by atoms with Gasteiger partial charge in [0.15, 0.2) is 0 Å². The zero-order valence-corrected chi connectivity index (χ0v) is 13.1. The summed E-state index contributed by atoms with van der Waals surface area (Å²) in [6, 6.07) is 13.4. The zero-order chi connectivity index (χ0) is 15.0. The van der Waals surface area contributed by atoms with Crippen molar-refractivity contribution < 1.29 is 0 Å². The Hall–Kier alpha value is -2.22. The summed E-state index contributed by atoms with van der Waals surface area (Å²) in [7, 11) is 0. The summed E-state index contributed by atoms with van der Waals surface area (Å²) in [5.41, 5.74) is 7.76. The van der Waals surface area contributed by atoms with Gasteiger partial charge in [0.2, 0.25) is 0 Å². The molecule has 2 aromatic carbocycles. The fourth-order valence-corrected chi connectivity index (χ4v) is 2.92. The van der Waals surface area contributed by atoms with E-state index in [-0.39, 0.29) is 0 Å². The second-order valence-corrected chi connectivity index (χ2v) is 5.94. The van der Waals surface area contributed by atoms with Crippen LogP contribution < -0.4 is 5.32 Å². The molecular formula is C19H22N2. The zero-order valence-electron chi connectivity index (χ0n) is 13.1. The molecule has 3 rings (SSSR count). The molecule has 3 aromatic rings. The molecule has 21 heavy (non-hydrogen) atoms. The first-order chi connectivity index (χ1) is 10.0. The number of aromatic amines is 1. The molecule has 0 aliphatic rings. The number of nitrogens with one attached hydrogen (secondary N) is 2. The van der Waals surface area contributed by atoms with E-state index in [1.54, 1.807) is 0 Å². The van der Waals surface area contributed by atoms with Gasteiger partial charge in [0, 0.05) is 28.8 Å². The van der Waals surface area contributed by atoms with Gasteiger partial charge in [0.1, 0.15) is 0 Å². The van der Waals surface area contributed by atoms with Gasteiger partial charge in [-0.25, -0.2) is 0 Å². The first kappa shape index (κ1) is 13.7. The average molecular weight is 278 g/mol. The van der Waals surface area contributed by atoms with E-state index in [0.29, 0.717) is 6.04 Å². The minimum Gasteiger partial charge on any atom is -0.378 e. The third-order valence-corrected chi connectivity index (χ3v) is 4.29. The van der Waals surface area contributed by atoms with E-state index in [4.69, 9.17) is 0 Å². The molecule has 0 amide bonds. The summed E-state index contributed by atoms with van der Waals surface area (Å²) in [6.07, 6.45) is 1.98. The maximum absolute atomic E-state index is 3.61. The average Bonchev–Trinajstić information content (AvgIpc) is 2.90. The predicted molar refractivity (Wildman–Crippen MR) is 91.0 cm³/mol. The molecule has 0 aliphatic carbocycles. The highest BCUT2D eigenvalue weighted by Gasteiger charge is 2.10. The van der Waals surface area contributed by atoms with Crippen molar-refractivity contribution >= 4 is 16.6 Å². The highest BCUT2D eigenvalue weighted by atomic mass is 14.9. The molecule has 0 saturated heterocycles. The Bertz CT molecular complexity index is 783. The lowest BCUT2D eigenvalue weighted by Gasteiger charge is -2.19. The van der Waals surface area contributed by atoms with Crippen LogP contribution in [0.25, 0.3) is 10.9 Å². The molecule has 1 unspecified atom stereocenters. The summed E-state index contributed by atoms with van der Waals surface area (Å²) in [5.74, 6) is 0. The predicted octanol–water partition coefficient (Wildman–Crippen LogP) is 5.27. The van der Waals surface area contributed by atoms with E-state index in [1.165, 1.54) is 33.2 Å². The van der Waals surface area contributed by atoms with Crippen LogP contribution >= 0.6 is 0 Å². The number of H-pyrrole nitrogens is 1. The number of aryl methyl sites for hydroxylation is 3. The minimum absolute atomic E-state index is 0.292. The monoisotopic (exact) mass is 278 g/mol. The smallest absolute Gasteiger partial charge is 0.0488 e. The lowest BCUT2D eigenvalue weighted by Crippen LogP contribution is -2.09. The third-order valence-electron chi connectivity index (χ3n) is 4.29. The third kappa shape index (κ3) is 2.66. The second-order valence-electron chi connectivity index (χ2n) is 5.94. The Morgan fingerprint density at radius 3 is 2.48 bits per heavy atom. The van der Waals surface area contributed by atoms with Gasteiger partial charge in [-0.15, -0.1) is 0 Å². The van der Waals surface area contributed by atoms with E-state index in [9.17, 15) is 0 Å². The van der Waals surface area contributed by atoms with Crippen LogP contribution in [-0.4, -0.2) is 4.98 Å². The first-order valence-electron chi connectivity index (χ1n) is 7.46. The molecular weight excluding hydrogens is 256 g/mol. The molecule has 2 N–H and O–H groups in total. The summed E-state index contributed by atoms with van der Waals surface area (Å²) in [5, 5.41) is 4.85. The molecule has 0 spiro atoms. The standard InChI is InChI=1S/C19H22N2/c1-12-9-14(3)18(10-13(12)2)15(4)21-17-5-6-19-16(11-17)7-8-20-19/h5-11,15,20-21H,1-4H3. The fourth-order valence-electron chi connectivity index (χ4n) is 2.92. The molecule has 0 saturated carbocycles. The van der Waals surface area contributed by atoms with Gasteiger partial charge in [-0.2, -0.15) is 0 Å². The van der Waals surface area contributed by atoms with E-state index in [0.717, 1.165) is 5.69 Å². The van der Waals surface area contributed by atoms with E-state index in [2.05, 4.69) is 74.4 Å². The maximum Gasteiger partial charge on any atom is 0.0488 e. The summed E-state index contributed by atoms with van der Waals surface area (Å²) in [6.45, 7) is 8.76. The van der Waals surface area contributed by atoms with Crippen molar-refractivity contribution in [1.29, 1.82) is 0 Å². The van der Waals surface area contributed by atoms with Gasteiger partial charge in [-0.3, -0.25) is 0 Å². The number of anilines is 1. The Morgan fingerprint density at radius 1 is 0.905 bits per heavy atom. The Labute approximate surface area is 126 Å². The lowest BCUT2D eigenvalue weighted by molar-refractivity contribution is 0.871. The molecule has 0 bridgehead atoms. The van der Waals surface area contributed by atoms with E-state index in [1.807, 2.05) is 6.20 Å². The van der Waals surface area contributed by atoms with Crippen molar-refractivity contribution in [2.75, 3.05) is 5.32 Å².